The molecule has 1 heterocycles. The molecule has 0 aliphatic carbocycles. The highest BCUT2D eigenvalue weighted by Crippen LogP contribution is 2.10. The van der Waals surface area contributed by atoms with E-state index in [0.29, 0.717) is 18.7 Å². The van der Waals surface area contributed by atoms with Crippen LogP contribution in [-0.4, -0.2) is 20.9 Å². The summed E-state index contributed by atoms with van der Waals surface area (Å²) in [4.78, 5) is 11.9. The molecule has 0 fully saturated rings. The normalized spacial score (nSPS) is 10.4. The number of hydrogen-bond acceptors (Lipinski definition) is 4. The van der Waals surface area contributed by atoms with E-state index >= 15 is 0 Å². The summed E-state index contributed by atoms with van der Waals surface area (Å²) < 4.78 is 1.72. The van der Waals surface area contributed by atoms with E-state index in [1.165, 1.54) is 0 Å². The van der Waals surface area contributed by atoms with Crippen molar-refractivity contribution in [2.45, 2.75) is 13.0 Å². The van der Waals surface area contributed by atoms with Crippen molar-refractivity contribution in [2.75, 3.05) is 0 Å². The summed E-state index contributed by atoms with van der Waals surface area (Å²) >= 11 is 0. The summed E-state index contributed by atoms with van der Waals surface area (Å²) in [6.45, 7) is 4.36. The van der Waals surface area contributed by atoms with Crippen molar-refractivity contribution in [3.8, 4) is 0 Å². The van der Waals surface area contributed by atoms with Gasteiger partial charge in [0.1, 0.15) is 5.52 Å². The number of amides is 1. The molecule has 0 atom stereocenters. The van der Waals surface area contributed by atoms with Gasteiger partial charge in [0, 0.05) is 6.42 Å². The minimum atomic E-state index is -0.137. The fourth-order valence-electron chi connectivity index (χ4n) is 2.21. The minimum Gasteiger partial charge on any atom is -0.299 e. The molecule has 0 saturated heterocycles. The summed E-state index contributed by atoms with van der Waals surface area (Å²) in [6, 6.07) is 17.3. The number of aromatic nitrogens is 3. The van der Waals surface area contributed by atoms with Crippen molar-refractivity contribution < 1.29 is 4.79 Å². The van der Waals surface area contributed by atoms with Crippen LogP contribution >= 0.6 is 0 Å². The van der Waals surface area contributed by atoms with E-state index in [0.717, 1.165) is 16.6 Å². The summed E-state index contributed by atoms with van der Waals surface area (Å²) in [6.07, 6.45) is 0.294. The molecule has 1 aromatic heterocycles. The molecule has 0 saturated carbocycles. The lowest BCUT2D eigenvalue weighted by Crippen LogP contribution is -2.36. The van der Waals surface area contributed by atoms with Crippen LogP contribution in [0, 0.1) is 0 Å². The molecular formula is C17H17N5O. The Kier molecular flexibility index (Phi) is 4.33. The fourth-order valence-corrected chi connectivity index (χ4v) is 2.21. The number of rotatable bonds is 6. The van der Waals surface area contributed by atoms with Gasteiger partial charge in [-0.1, -0.05) is 54.3 Å². The van der Waals surface area contributed by atoms with Crippen LogP contribution in [0.5, 0.6) is 0 Å². The molecule has 6 nitrogen and oxygen atoms in total. The zero-order valence-corrected chi connectivity index (χ0v) is 12.6. The standard InChI is InChI=1S/C17H17N5O/c1-13(14-7-3-2-4-8-14)18-20-17(23)11-12-22-16-10-6-5-9-15(16)19-21-22/h2-10,18H,1,11-12H2,(H,20,23). The Labute approximate surface area is 133 Å². The largest absolute Gasteiger partial charge is 0.299 e. The molecule has 116 valence electrons. The summed E-state index contributed by atoms with van der Waals surface area (Å²) in [5.74, 6) is -0.137. The molecule has 0 aliphatic rings. The number of carbonyl (C=O) groups excluding carboxylic acids is 1. The Morgan fingerprint density at radius 3 is 2.61 bits per heavy atom. The van der Waals surface area contributed by atoms with E-state index in [-0.39, 0.29) is 5.91 Å². The molecule has 0 spiro atoms. The topological polar surface area (TPSA) is 71.8 Å². The molecule has 3 rings (SSSR count). The maximum atomic E-state index is 11.9. The lowest BCUT2D eigenvalue weighted by molar-refractivity contribution is -0.121. The van der Waals surface area contributed by atoms with Gasteiger partial charge in [-0.15, -0.1) is 5.10 Å². The molecule has 2 aromatic carbocycles. The molecule has 0 unspecified atom stereocenters. The Balaban J connectivity index is 1.51. The van der Waals surface area contributed by atoms with Crippen molar-refractivity contribution in [1.29, 1.82) is 0 Å². The molecule has 23 heavy (non-hydrogen) atoms. The van der Waals surface area contributed by atoms with E-state index in [2.05, 4.69) is 27.7 Å². The molecule has 0 aliphatic heterocycles. The van der Waals surface area contributed by atoms with E-state index in [1.54, 1.807) is 4.68 Å². The number of hydrogen-bond donors (Lipinski definition) is 2. The van der Waals surface area contributed by atoms with E-state index in [1.807, 2.05) is 54.6 Å². The zero-order chi connectivity index (χ0) is 16.1. The number of nitrogens with one attached hydrogen (secondary N) is 2. The van der Waals surface area contributed by atoms with Gasteiger partial charge in [-0.25, -0.2) is 4.68 Å². The molecule has 3 aromatic rings. The van der Waals surface area contributed by atoms with Crippen molar-refractivity contribution in [3.05, 3.63) is 66.7 Å². The van der Waals surface area contributed by atoms with Gasteiger partial charge >= 0.3 is 0 Å². The Morgan fingerprint density at radius 1 is 1.04 bits per heavy atom. The first kappa shape index (κ1) is 14.8. The molecule has 0 radical (unpaired) electrons. The van der Waals surface area contributed by atoms with Crippen LogP contribution in [0.3, 0.4) is 0 Å². The van der Waals surface area contributed by atoms with Crippen LogP contribution in [-0.2, 0) is 11.3 Å². The van der Waals surface area contributed by atoms with Gasteiger partial charge in [0.05, 0.1) is 17.8 Å². The maximum Gasteiger partial charge on any atom is 0.240 e. The number of para-hydroxylation sites is 1. The number of carbonyl (C=O) groups is 1. The molecular weight excluding hydrogens is 290 g/mol. The third-order valence-electron chi connectivity index (χ3n) is 3.45. The van der Waals surface area contributed by atoms with Gasteiger partial charge in [0.2, 0.25) is 5.91 Å². The second kappa shape index (κ2) is 6.74. The average molecular weight is 307 g/mol. The van der Waals surface area contributed by atoms with Crippen molar-refractivity contribution in [3.63, 3.8) is 0 Å². The van der Waals surface area contributed by atoms with E-state index in [9.17, 15) is 4.79 Å². The van der Waals surface area contributed by atoms with Crippen LogP contribution < -0.4 is 10.9 Å². The maximum absolute atomic E-state index is 11.9. The van der Waals surface area contributed by atoms with E-state index in [4.69, 9.17) is 0 Å². The zero-order valence-electron chi connectivity index (χ0n) is 12.6. The van der Waals surface area contributed by atoms with Gasteiger partial charge in [0.15, 0.2) is 0 Å². The second-order valence-corrected chi connectivity index (χ2v) is 5.07. The average Bonchev–Trinajstić information content (AvgIpc) is 3.02. The second-order valence-electron chi connectivity index (χ2n) is 5.07. The lowest BCUT2D eigenvalue weighted by atomic mass is 10.2. The number of nitrogens with zero attached hydrogens (tertiary/aromatic N) is 3. The highest BCUT2D eigenvalue weighted by atomic mass is 16.2. The third-order valence-corrected chi connectivity index (χ3v) is 3.45. The van der Waals surface area contributed by atoms with Crippen LogP contribution in [0.25, 0.3) is 16.7 Å². The molecule has 0 bridgehead atoms. The van der Waals surface area contributed by atoms with Gasteiger partial charge in [-0.3, -0.25) is 15.6 Å². The van der Waals surface area contributed by atoms with Gasteiger partial charge in [-0.2, -0.15) is 0 Å². The van der Waals surface area contributed by atoms with Gasteiger partial charge in [-0.05, 0) is 17.7 Å². The lowest BCUT2D eigenvalue weighted by Gasteiger charge is -2.11. The van der Waals surface area contributed by atoms with Crippen molar-refractivity contribution in [2.24, 2.45) is 0 Å². The SMILES string of the molecule is C=C(NNC(=O)CCn1nnc2ccccc21)c1ccccc1. The minimum absolute atomic E-state index is 0.137. The Hall–Kier alpha value is -3.15. The van der Waals surface area contributed by atoms with Crippen LogP contribution in [0.15, 0.2) is 61.2 Å². The first-order valence-electron chi connectivity index (χ1n) is 7.31. The highest BCUT2D eigenvalue weighted by molar-refractivity contribution is 5.78. The Bertz CT molecular complexity index is 825. The third kappa shape index (κ3) is 3.55. The summed E-state index contributed by atoms with van der Waals surface area (Å²) in [7, 11) is 0. The van der Waals surface area contributed by atoms with E-state index < -0.39 is 0 Å². The van der Waals surface area contributed by atoms with Crippen LogP contribution in [0.1, 0.15) is 12.0 Å². The predicted octanol–water partition coefficient (Wildman–Crippen LogP) is 2.11. The number of hydrazine groups is 1. The predicted molar refractivity (Wildman–Crippen MR) is 88.9 cm³/mol. The molecule has 2 N–H and O–H groups in total. The number of benzene rings is 2. The Morgan fingerprint density at radius 2 is 1.78 bits per heavy atom. The van der Waals surface area contributed by atoms with Crippen LogP contribution in [0.2, 0.25) is 0 Å². The number of fused-ring (bicyclic) bond motifs is 1. The molecule has 1 amide bonds. The van der Waals surface area contributed by atoms with Crippen LogP contribution in [0.4, 0.5) is 0 Å². The van der Waals surface area contributed by atoms with Crippen molar-refractivity contribution in [1.82, 2.24) is 25.8 Å². The fraction of sp³-hybridized carbons (Fsp3) is 0.118. The summed E-state index contributed by atoms with van der Waals surface area (Å²) in [5.41, 5.74) is 8.78. The van der Waals surface area contributed by atoms with Gasteiger partial charge < -0.3 is 0 Å². The monoisotopic (exact) mass is 307 g/mol. The highest BCUT2D eigenvalue weighted by Gasteiger charge is 2.07. The quantitative estimate of drug-likeness (QED) is 0.684. The molecule has 6 heteroatoms. The number of aryl methyl sites for hydroxylation is 1. The summed E-state index contributed by atoms with van der Waals surface area (Å²) in [5, 5.41) is 8.12. The smallest absolute Gasteiger partial charge is 0.240 e. The first-order chi connectivity index (χ1) is 11.2. The van der Waals surface area contributed by atoms with Crippen molar-refractivity contribution >= 4 is 22.6 Å². The van der Waals surface area contributed by atoms with Gasteiger partial charge in [0.25, 0.3) is 0 Å². The first-order valence-corrected chi connectivity index (χ1v) is 7.31.